The molecule has 0 saturated carbocycles. The molecule has 128 valence electrons. The molecule has 0 atom stereocenters. The van der Waals surface area contributed by atoms with Gasteiger partial charge in [0, 0.05) is 0 Å². The fraction of sp³-hybridized carbons (Fsp3) is 0. The fourth-order valence-corrected chi connectivity index (χ4v) is 1.70. The summed E-state index contributed by atoms with van der Waals surface area (Å²) in [4.78, 5) is 0. The van der Waals surface area contributed by atoms with Crippen molar-refractivity contribution in [3.8, 4) is 0 Å². The summed E-state index contributed by atoms with van der Waals surface area (Å²) in [6, 6.07) is 0. The first kappa shape index (κ1) is 17.8. The van der Waals surface area contributed by atoms with Crippen molar-refractivity contribution >= 4 is 12.2 Å². The monoisotopic (exact) mass is 360 g/mol. The molecule has 10 heteroatoms. The first-order chi connectivity index (χ1) is 11.1. The third-order valence-corrected chi connectivity index (χ3v) is 2.90. The van der Waals surface area contributed by atoms with Crippen molar-refractivity contribution in [3.05, 3.63) is 69.3 Å². The van der Waals surface area contributed by atoms with Crippen molar-refractivity contribution in [1.82, 2.24) is 0 Å². The lowest BCUT2D eigenvalue weighted by Crippen LogP contribution is -2.05. The molecule has 2 rings (SSSR count). The molecule has 0 aliphatic rings. The van der Waals surface area contributed by atoms with Gasteiger partial charge >= 0.3 is 0 Å². The summed E-state index contributed by atoms with van der Waals surface area (Å²) in [6.07, 6.45) is -0.0108. The van der Waals surface area contributed by atoms with Crippen LogP contribution in [0.25, 0.3) is 12.2 Å². The molecule has 0 unspecified atom stereocenters. The lowest BCUT2D eigenvalue weighted by atomic mass is 10.1. The normalized spacial score (nSPS) is 11.6. The third kappa shape index (κ3) is 2.61. The second kappa shape index (κ2) is 6.17. The van der Waals surface area contributed by atoms with Crippen LogP contribution in [0.1, 0.15) is 11.1 Å². The van der Waals surface area contributed by atoms with Crippen LogP contribution in [0.3, 0.4) is 0 Å². The van der Waals surface area contributed by atoms with Gasteiger partial charge in [0.15, 0.2) is 46.5 Å². The summed E-state index contributed by atoms with van der Waals surface area (Å²) in [6.45, 7) is 0. The average molecular weight is 360 g/mol. The molecule has 0 radical (unpaired) electrons. The van der Waals surface area contributed by atoms with Crippen LogP contribution in [-0.4, -0.2) is 0 Å². The minimum Gasteiger partial charge on any atom is -0.203 e. The summed E-state index contributed by atoms with van der Waals surface area (Å²) in [5.41, 5.74) is -3.23. The Bertz CT molecular complexity index is 739. The van der Waals surface area contributed by atoms with E-state index in [2.05, 4.69) is 0 Å². The minimum atomic E-state index is -2.47. The molecule has 0 fully saturated rings. The van der Waals surface area contributed by atoms with E-state index in [-0.39, 0.29) is 12.2 Å². The minimum absolute atomic E-state index is 0.00541. The first-order valence-corrected chi connectivity index (χ1v) is 5.80. The van der Waals surface area contributed by atoms with Gasteiger partial charge in [-0.05, 0) is 12.2 Å². The highest BCUT2D eigenvalue weighted by atomic mass is 19.2. The van der Waals surface area contributed by atoms with Crippen LogP contribution in [0, 0.1) is 58.2 Å². The summed E-state index contributed by atoms with van der Waals surface area (Å²) in [5.74, 6) is -23.7. The Kier molecular flexibility index (Phi) is 4.59. The molecule has 0 bridgehead atoms. The van der Waals surface area contributed by atoms with Crippen molar-refractivity contribution in [3.63, 3.8) is 0 Å². The summed E-state index contributed by atoms with van der Waals surface area (Å²) in [7, 11) is 0. The SMILES string of the molecule is Fc1c(F)c(F)c(/C=C\c2c(F)c(F)c(F)c(F)c2F)c(F)c1F. The molecule has 0 spiro atoms. The van der Waals surface area contributed by atoms with Crippen molar-refractivity contribution < 1.29 is 43.9 Å². The highest BCUT2D eigenvalue weighted by Crippen LogP contribution is 2.27. The van der Waals surface area contributed by atoms with Crippen LogP contribution in [-0.2, 0) is 0 Å². The maximum Gasteiger partial charge on any atom is 0.200 e. The Labute approximate surface area is 126 Å². The van der Waals surface area contributed by atoms with Crippen LogP contribution >= 0.6 is 0 Å². The Morgan fingerprint density at radius 2 is 0.458 bits per heavy atom. The van der Waals surface area contributed by atoms with E-state index in [1.165, 1.54) is 0 Å². The Balaban J connectivity index is 2.67. The topological polar surface area (TPSA) is 0 Å². The van der Waals surface area contributed by atoms with E-state index in [9.17, 15) is 43.9 Å². The molecule has 2 aromatic rings. The first-order valence-electron chi connectivity index (χ1n) is 5.80. The molecule has 0 aromatic heterocycles. The maximum absolute atomic E-state index is 13.4. The van der Waals surface area contributed by atoms with Gasteiger partial charge in [0.2, 0.25) is 11.6 Å². The highest BCUT2D eigenvalue weighted by molar-refractivity contribution is 5.71. The van der Waals surface area contributed by atoms with Gasteiger partial charge in [0.25, 0.3) is 0 Å². The standard InChI is InChI=1S/C14H2F10/c15-5-3(6(16)10(20)13(23)9(5)19)1-2-4-7(17)11(21)14(24)12(22)8(4)18/h1-2H/b2-1-. The Morgan fingerprint density at radius 3 is 0.667 bits per heavy atom. The van der Waals surface area contributed by atoms with E-state index in [1.54, 1.807) is 0 Å². The third-order valence-electron chi connectivity index (χ3n) is 2.90. The lowest BCUT2D eigenvalue weighted by Gasteiger charge is -2.06. The second-order valence-corrected chi connectivity index (χ2v) is 4.30. The van der Waals surface area contributed by atoms with E-state index < -0.39 is 69.3 Å². The van der Waals surface area contributed by atoms with Gasteiger partial charge < -0.3 is 0 Å². The largest absolute Gasteiger partial charge is 0.203 e. The predicted octanol–water partition coefficient (Wildman–Crippen LogP) is 5.25. The molecule has 0 saturated heterocycles. The molecule has 0 aliphatic heterocycles. The molecular weight excluding hydrogens is 358 g/mol. The molecule has 0 heterocycles. The second-order valence-electron chi connectivity index (χ2n) is 4.30. The van der Waals surface area contributed by atoms with E-state index in [0.717, 1.165) is 0 Å². The van der Waals surface area contributed by atoms with Gasteiger partial charge in [-0.2, -0.15) is 0 Å². The zero-order chi connectivity index (χ0) is 18.3. The smallest absolute Gasteiger partial charge is 0.200 e. The Morgan fingerprint density at radius 1 is 0.292 bits per heavy atom. The van der Waals surface area contributed by atoms with E-state index in [4.69, 9.17) is 0 Å². The lowest BCUT2D eigenvalue weighted by molar-refractivity contribution is 0.376. The van der Waals surface area contributed by atoms with Crippen LogP contribution in [0.4, 0.5) is 43.9 Å². The Hall–Kier alpha value is -2.52. The molecule has 0 amide bonds. The number of rotatable bonds is 2. The van der Waals surface area contributed by atoms with Gasteiger partial charge in [-0.15, -0.1) is 0 Å². The number of benzene rings is 2. The van der Waals surface area contributed by atoms with Crippen LogP contribution < -0.4 is 0 Å². The summed E-state index contributed by atoms with van der Waals surface area (Å²) < 4.78 is 131. The molecular formula is C14H2F10. The van der Waals surface area contributed by atoms with Gasteiger partial charge in [-0.1, -0.05) is 0 Å². The van der Waals surface area contributed by atoms with Gasteiger partial charge in [-0.25, -0.2) is 43.9 Å². The fourth-order valence-electron chi connectivity index (χ4n) is 1.70. The van der Waals surface area contributed by atoms with E-state index in [0.29, 0.717) is 0 Å². The number of hydrogen-bond acceptors (Lipinski definition) is 0. The van der Waals surface area contributed by atoms with E-state index >= 15 is 0 Å². The quantitative estimate of drug-likeness (QED) is 0.297. The zero-order valence-corrected chi connectivity index (χ0v) is 10.9. The summed E-state index contributed by atoms with van der Waals surface area (Å²) >= 11 is 0. The van der Waals surface area contributed by atoms with Crippen LogP contribution in [0.2, 0.25) is 0 Å². The molecule has 0 aliphatic carbocycles. The molecule has 0 nitrogen and oxygen atoms in total. The van der Waals surface area contributed by atoms with E-state index in [1.807, 2.05) is 0 Å². The summed E-state index contributed by atoms with van der Waals surface area (Å²) in [5, 5.41) is 0. The predicted molar refractivity (Wildman–Crippen MR) is 61.4 cm³/mol. The van der Waals surface area contributed by atoms with Gasteiger partial charge in [-0.3, -0.25) is 0 Å². The highest BCUT2D eigenvalue weighted by Gasteiger charge is 2.26. The van der Waals surface area contributed by atoms with Gasteiger partial charge in [0.1, 0.15) is 0 Å². The number of halogens is 10. The van der Waals surface area contributed by atoms with Gasteiger partial charge in [0.05, 0.1) is 11.1 Å². The van der Waals surface area contributed by atoms with Crippen molar-refractivity contribution in [2.45, 2.75) is 0 Å². The zero-order valence-electron chi connectivity index (χ0n) is 10.9. The maximum atomic E-state index is 13.4. The van der Waals surface area contributed by atoms with Crippen molar-refractivity contribution in [2.75, 3.05) is 0 Å². The van der Waals surface area contributed by atoms with Crippen molar-refractivity contribution in [1.29, 1.82) is 0 Å². The molecule has 24 heavy (non-hydrogen) atoms. The number of hydrogen-bond donors (Lipinski definition) is 0. The van der Waals surface area contributed by atoms with Crippen molar-refractivity contribution in [2.24, 2.45) is 0 Å². The average Bonchev–Trinajstić information content (AvgIpc) is 2.57. The van der Waals surface area contributed by atoms with Crippen LogP contribution in [0.5, 0.6) is 0 Å². The molecule has 2 aromatic carbocycles. The van der Waals surface area contributed by atoms with Crippen LogP contribution in [0.15, 0.2) is 0 Å². The molecule has 0 N–H and O–H groups in total.